The first-order valence-electron chi connectivity index (χ1n) is 6.85. The van der Waals surface area contributed by atoms with E-state index >= 15 is 0 Å². The van der Waals surface area contributed by atoms with E-state index in [1.807, 2.05) is 0 Å². The maximum atomic E-state index is 12.7. The van der Waals surface area contributed by atoms with Gasteiger partial charge in [-0.3, -0.25) is 19.7 Å². The van der Waals surface area contributed by atoms with E-state index in [-0.39, 0.29) is 17.0 Å². The van der Waals surface area contributed by atoms with Crippen LogP contribution >= 0.6 is 0 Å². The zero-order valence-corrected chi connectivity index (χ0v) is 11.6. The number of ketones is 2. The van der Waals surface area contributed by atoms with Crippen LogP contribution in [-0.2, 0) is 5.54 Å². The minimum atomic E-state index is -2.54. The molecule has 0 unspecified atom stereocenters. The molecule has 1 aliphatic carbocycles. The van der Waals surface area contributed by atoms with E-state index in [4.69, 9.17) is 0 Å². The lowest BCUT2D eigenvalue weighted by Crippen LogP contribution is -2.47. The van der Waals surface area contributed by atoms with Gasteiger partial charge in [0.1, 0.15) is 0 Å². The Kier molecular flexibility index (Phi) is 2.51. The lowest BCUT2D eigenvalue weighted by Gasteiger charge is -2.13. The molecule has 7 nitrogen and oxygen atoms in total. The molecule has 2 aromatic carbocycles. The van der Waals surface area contributed by atoms with Gasteiger partial charge in [-0.1, -0.05) is 36.4 Å². The van der Waals surface area contributed by atoms with Crippen LogP contribution in [0.3, 0.4) is 0 Å². The normalized spacial score (nSPS) is 15.8. The van der Waals surface area contributed by atoms with Crippen LogP contribution in [-0.4, -0.2) is 26.5 Å². The number of carbonyl (C=O) groups excluding carboxylic acids is 2. The largest absolute Gasteiger partial charge is 0.401 e. The first-order valence-corrected chi connectivity index (χ1v) is 6.85. The molecule has 0 spiro atoms. The van der Waals surface area contributed by atoms with Gasteiger partial charge in [0.05, 0.1) is 16.0 Å². The summed E-state index contributed by atoms with van der Waals surface area (Å²) in [5.41, 5.74) is -1.45. The number of para-hydroxylation sites is 2. The molecule has 0 atom stereocenters. The van der Waals surface area contributed by atoms with Crippen molar-refractivity contribution in [3.63, 3.8) is 0 Å². The van der Waals surface area contributed by atoms with Crippen LogP contribution in [0, 0.1) is 10.1 Å². The summed E-state index contributed by atoms with van der Waals surface area (Å²) < 4.78 is 0. The van der Waals surface area contributed by atoms with Gasteiger partial charge in [-0.05, 0) is 12.1 Å². The topological polar surface area (TPSA) is 106 Å². The van der Waals surface area contributed by atoms with Crippen molar-refractivity contribution >= 4 is 22.6 Å². The number of imidazole rings is 1. The van der Waals surface area contributed by atoms with E-state index in [0.717, 1.165) is 0 Å². The molecule has 1 N–H and O–H groups in total. The highest BCUT2D eigenvalue weighted by molar-refractivity contribution is 6.31. The molecule has 4 rings (SSSR count). The van der Waals surface area contributed by atoms with Crippen LogP contribution in [0.25, 0.3) is 11.0 Å². The second-order valence-electron chi connectivity index (χ2n) is 5.27. The summed E-state index contributed by atoms with van der Waals surface area (Å²) in [7, 11) is 0. The zero-order chi connectivity index (χ0) is 16.2. The molecule has 3 aromatic rings. The van der Waals surface area contributed by atoms with E-state index in [2.05, 4.69) is 9.97 Å². The van der Waals surface area contributed by atoms with Crippen molar-refractivity contribution in [1.29, 1.82) is 0 Å². The van der Waals surface area contributed by atoms with Crippen molar-refractivity contribution in [2.24, 2.45) is 0 Å². The Morgan fingerprint density at radius 3 is 2.09 bits per heavy atom. The van der Waals surface area contributed by atoms with Crippen molar-refractivity contribution in [2.75, 3.05) is 0 Å². The summed E-state index contributed by atoms with van der Waals surface area (Å²) in [4.78, 5) is 43.3. The number of hydrogen-bond acceptors (Lipinski definition) is 5. The van der Waals surface area contributed by atoms with Crippen molar-refractivity contribution in [3.05, 3.63) is 75.6 Å². The third kappa shape index (κ3) is 1.50. The molecule has 1 aliphatic rings. The average Bonchev–Trinajstić information content (AvgIpc) is 3.07. The molecule has 7 heteroatoms. The van der Waals surface area contributed by atoms with Crippen LogP contribution in [0.15, 0.2) is 48.5 Å². The molecule has 0 radical (unpaired) electrons. The number of rotatable bonds is 2. The van der Waals surface area contributed by atoms with Gasteiger partial charge in [0.15, 0.2) is 0 Å². The average molecular weight is 307 g/mol. The van der Waals surface area contributed by atoms with Crippen LogP contribution < -0.4 is 0 Å². The Labute approximate surface area is 129 Å². The number of hydrogen-bond donors (Lipinski definition) is 1. The van der Waals surface area contributed by atoms with Crippen molar-refractivity contribution < 1.29 is 14.5 Å². The van der Waals surface area contributed by atoms with Gasteiger partial charge < -0.3 is 4.98 Å². The van der Waals surface area contributed by atoms with Crippen LogP contribution in [0.5, 0.6) is 0 Å². The second kappa shape index (κ2) is 4.33. The number of aromatic nitrogens is 2. The molecule has 0 saturated heterocycles. The van der Waals surface area contributed by atoms with Crippen LogP contribution in [0.4, 0.5) is 0 Å². The number of carbonyl (C=O) groups is 2. The third-order valence-corrected chi connectivity index (χ3v) is 4.08. The fourth-order valence-corrected chi connectivity index (χ4v) is 2.96. The first-order chi connectivity index (χ1) is 11.1. The fourth-order valence-electron chi connectivity index (χ4n) is 2.96. The molecule has 0 fully saturated rings. The smallest absolute Gasteiger partial charge is 0.335 e. The Bertz CT molecular complexity index is 937. The molecule has 112 valence electrons. The van der Waals surface area contributed by atoms with Gasteiger partial charge in [0, 0.05) is 11.1 Å². The Balaban J connectivity index is 2.04. The third-order valence-electron chi connectivity index (χ3n) is 4.08. The molecule has 0 amide bonds. The number of nitrogens with one attached hydrogen (secondary N) is 1. The number of aromatic amines is 1. The van der Waals surface area contributed by atoms with E-state index in [9.17, 15) is 19.7 Å². The summed E-state index contributed by atoms with van der Waals surface area (Å²) in [6.45, 7) is 0. The maximum absolute atomic E-state index is 12.7. The van der Waals surface area contributed by atoms with Crippen molar-refractivity contribution in [2.45, 2.75) is 5.54 Å². The summed E-state index contributed by atoms with van der Waals surface area (Å²) in [6.07, 6.45) is 0. The van der Waals surface area contributed by atoms with E-state index < -0.39 is 22.0 Å². The highest BCUT2D eigenvalue weighted by atomic mass is 16.6. The molecular formula is C16H9N3O4. The molecular weight excluding hydrogens is 298 g/mol. The molecule has 1 heterocycles. The molecule has 0 aliphatic heterocycles. The summed E-state index contributed by atoms with van der Waals surface area (Å²) in [5.74, 6) is -1.97. The van der Waals surface area contributed by atoms with Gasteiger partial charge in [0.2, 0.25) is 5.82 Å². The number of benzene rings is 2. The molecule has 0 bridgehead atoms. The monoisotopic (exact) mass is 307 g/mol. The van der Waals surface area contributed by atoms with Gasteiger partial charge >= 0.3 is 5.54 Å². The lowest BCUT2D eigenvalue weighted by molar-refractivity contribution is -0.539. The minimum Gasteiger partial charge on any atom is -0.335 e. The summed E-state index contributed by atoms with van der Waals surface area (Å²) in [6, 6.07) is 12.8. The summed E-state index contributed by atoms with van der Waals surface area (Å²) in [5, 5.41) is 11.8. The molecule has 23 heavy (non-hydrogen) atoms. The molecule has 1 aromatic heterocycles. The number of nitro groups is 1. The maximum Gasteiger partial charge on any atom is 0.401 e. The number of Topliss-reactive ketones (excluding diaryl/α,β-unsaturated/α-hetero) is 2. The van der Waals surface area contributed by atoms with Gasteiger partial charge in [-0.25, -0.2) is 4.98 Å². The van der Waals surface area contributed by atoms with Crippen molar-refractivity contribution in [3.8, 4) is 0 Å². The fraction of sp³-hybridized carbons (Fsp3) is 0.0625. The predicted molar refractivity (Wildman–Crippen MR) is 79.9 cm³/mol. The first kappa shape index (κ1) is 13.3. The van der Waals surface area contributed by atoms with Gasteiger partial charge in [-0.2, -0.15) is 0 Å². The van der Waals surface area contributed by atoms with Crippen LogP contribution in [0.2, 0.25) is 0 Å². The number of fused-ring (bicyclic) bond motifs is 2. The number of nitrogens with zero attached hydrogens (tertiary/aromatic N) is 2. The predicted octanol–water partition coefficient (Wildman–Crippen LogP) is 2.11. The van der Waals surface area contributed by atoms with Gasteiger partial charge in [-0.15, -0.1) is 0 Å². The SMILES string of the molecule is O=C1c2ccccc2C(=O)C1(c1nc2ccccc2[nH]1)[N+](=O)[O-]. The Morgan fingerprint density at radius 2 is 1.52 bits per heavy atom. The zero-order valence-electron chi connectivity index (χ0n) is 11.6. The minimum absolute atomic E-state index is 0.0506. The Hall–Kier alpha value is -3.35. The molecule has 0 saturated carbocycles. The van der Waals surface area contributed by atoms with Crippen molar-refractivity contribution in [1.82, 2.24) is 9.97 Å². The Morgan fingerprint density at radius 1 is 0.957 bits per heavy atom. The lowest BCUT2D eigenvalue weighted by atomic mass is 9.93. The summed E-state index contributed by atoms with van der Waals surface area (Å²) >= 11 is 0. The van der Waals surface area contributed by atoms with Crippen LogP contribution in [0.1, 0.15) is 26.5 Å². The van der Waals surface area contributed by atoms with E-state index in [0.29, 0.717) is 11.0 Å². The van der Waals surface area contributed by atoms with E-state index in [1.54, 1.807) is 36.4 Å². The van der Waals surface area contributed by atoms with E-state index in [1.165, 1.54) is 12.1 Å². The van der Waals surface area contributed by atoms with Gasteiger partial charge in [0.25, 0.3) is 11.6 Å². The highest BCUT2D eigenvalue weighted by Gasteiger charge is 2.67. The highest BCUT2D eigenvalue weighted by Crippen LogP contribution is 2.39. The quantitative estimate of drug-likeness (QED) is 0.443. The number of H-pyrrole nitrogens is 1. The standard InChI is InChI=1S/C16H9N3O4/c20-13-9-5-1-2-6-10(9)14(21)16(13,19(22)23)15-17-11-7-3-4-8-12(11)18-15/h1-8H,(H,17,18). The second-order valence-corrected chi connectivity index (χ2v) is 5.27.